The Morgan fingerprint density at radius 3 is 2.72 bits per heavy atom. The molecule has 0 atom stereocenters. The van der Waals surface area contributed by atoms with Gasteiger partial charge in [0.2, 0.25) is 0 Å². The van der Waals surface area contributed by atoms with Crippen LogP contribution in [0.4, 0.5) is 5.69 Å². The van der Waals surface area contributed by atoms with Crippen molar-refractivity contribution in [1.29, 1.82) is 0 Å². The molecule has 0 aliphatic rings. The third kappa shape index (κ3) is 1.74. The van der Waals surface area contributed by atoms with Gasteiger partial charge in [-0.3, -0.25) is 10.1 Å². The molecule has 18 heavy (non-hydrogen) atoms. The molecule has 0 saturated carbocycles. The van der Waals surface area contributed by atoms with Crippen molar-refractivity contribution in [3.63, 3.8) is 0 Å². The molecular formula is C13H8N2O2S. The summed E-state index contributed by atoms with van der Waals surface area (Å²) in [6.45, 7) is 0. The fraction of sp³-hybridized carbons (Fsp3) is 0. The second-order valence-electron chi connectivity index (χ2n) is 3.80. The van der Waals surface area contributed by atoms with Crippen molar-refractivity contribution in [3.8, 4) is 11.3 Å². The van der Waals surface area contributed by atoms with Gasteiger partial charge in [-0.25, -0.2) is 4.98 Å². The molecule has 88 valence electrons. The monoisotopic (exact) mass is 256 g/mol. The van der Waals surface area contributed by atoms with Gasteiger partial charge in [-0.1, -0.05) is 18.2 Å². The van der Waals surface area contributed by atoms with Crippen molar-refractivity contribution < 1.29 is 4.92 Å². The lowest BCUT2D eigenvalue weighted by Crippen LogP contribution is -1.89. The third-order valence-corrected chi connectivity index (χ3v) is 3.68. The number of hydrogen-bond acceptors (Lipinski definition) is 4. The van der Waals surface area contributed by atoms with Gasteiger partial charge >= 0.3 is 0 Å². The molecule has 0 bridgehead atoms. The molecule has 2 aromatic heterocycles. The number of thiophene rings is 1. The normalized spacial score (nSPS) is 10.7. The summed E-state index contributed by atoms with van der Waals surface area (Å²) in [4.78, 5) is 14.3. The fourth-order valence-corrected chi connectivity index (χ4v) is 2.78. The summed E-state index contributed by atoms with van der Waals surface area (Å²) in [5, 5.41) is 13.7. The molecule has 0 aliphatic carbocycles. The molecule has 0 fully saturated rings. The zero-order valence-corrected chi connectivity index (χ0v) is 10.1. The average Bonchev–Trinajstić information content (AvgIpc) is 2.82. The average molecular weight is 256 g/mol. The van der Waals surface area contributed by atoms with E-state index in [0.717, 1.165) is 16.6 Å². The predicted molar refractivity (Wildman–Crippen MR) is 71.7 cm³/mol. The minimum absolute atomic E-state index is 0.0123. The highest BCUT2D eigenvalue weighted by molar-refractivity contribution is 7.17. The summed E-state index contributed by atoms with van der Waals surface area (Å²) >= 11 is 1.65. The maximum Gasteiger partial charge on any atom is 0.287 e. The van der Waals surface area contributed by atoms with E-state index in [1.807, 2.05) is 23.6 Å². The van der Waals surface area contributed by atoms with Crippen molar-refractivity contribution >= 4 is 27.1 Å². The SMILES string of the molecule is O=[N+]([O-])c1ccc(-c2csc3ccccc23)nc1. The largest absolute Gasteiger partial charge is 0.287 e. The molecule has 0 radical (unpaired) electrons. The number of pyridine rings is 1. The maximum atomic E-state index is 10.6. The first-order valence-corrected chi connectivity index (χ1v) is 6.21. The summed E-state index contributed by atoms with van der Waals surface area (Å²) in [6, 6.07) is 11.2. The van der Waals surface area contributed by atoms with E-state index in [1.54, 1.807) is 17.4 Å². The number of aromatic nitrogens is 1. The summed E-state index contributed by atoms with van der Waals surface area (Å²) < 4.78 is 1.19. The molecule has 0 N–H and O–H groups in total. The van der Waals surface area contributed by atoms with Crippen LogP contribution in [-0.4, -0.2) is 9.91 Å². The zero-order valence-electron chi connectivity index (χ0n) is 9.24. The van der Waals surface area contributed by atoms with E-state index >= 15 is 0 Å². The van der Waals surface area contributed by atoms with Crippen LogP contribution < -0.4 is 0 Å². The molecule has 5 heteroatoms. The summed E-state index contributed by atoms with van der Waals surface area (Å²) in [5.41, 5.74) is 1.79. The number of fused-ring (bicyclic) bond motifs is 1. The lowest BCUT2D eigenvalue weighted by atomic mass is 10.1. The van der Waals surface area contributed by atoms with E-state index in [-0.39, 0.29) is 5.69 Å². The molecule has 0 aliphatic heterocycles. The van der Waals surface area contributed by atoms with Crippen LogP contribution >= 0.6 is 11.3 Å². The minimum Gasteiger partial charge on any atom is -0.258 e. The van der Waals surface area contributed by atoms with Gasteiger partial charge < -0.3 is 0 Å². The topological polar surface area (TPSA) is 56.0 Å². The van der Waals surface area contributed by atoms with Crippen molar-refractivity contribution in [2.45, 2.75) is 0 Å². The Morgan fingerprint density at radius 1 is 1.17 bits per heavy atom. The molecule has 0 amide bonds. The molecule has 4 nitrogen and oxygen atoms in total. The minimum atomic E-state index is -0.442. The van der Waals surface area contributed by atoms with Gasteiger partial charge in [-0.15, -0.1) is 11.3 Å². The highest BCUT2D eigenvalue weighted by Crippen LogP contribution is 2.32. The second-order valence-corrected chi connectivity index (χ2v) is 4.72. The van der Waals surface area contributed by atoms with Crippen LogP contribution in [-0.2, 0) is 0 Å². The molecule has 0 unspecified atom stereocenters. The van der Waals surface area contributed by atoms with Gasteiger partial charge in [-0.2, -0.15) is 0 Å². The Balaban J connectivity index is 2.12. The van der Waals surface area contributed by atoms with E-state index in [4.69, 9.17) is 0 Å². The summed E-state index contributed by atoms with van der Waals surface area (Å²) in [5.74, 6) is 0. The van der Waals surface area contributed by atoms with E-state index in [0.29, 0.717) is 0 Å². The zero-order chi connectivity index (χ0) is 12.5. The first kappa shape index (κ1) is 10.9. The highest BCUT2D eigenvalue weighted by atomic mass is 32.1. The Hall–Kier alpha value is -2.27. The van der Waals surface area contributed by atoms with Crippen molar-refractivity contribution in [3.05, 3.63) is 58.1 Å². The van der Waals surface area contributed by atoms with Gasteiger partial charge in [0, 0.05) is 27.1 Å². The lowest BCUT2D eigenvalue weighted by molar-refractivity contribution is -0.385. The molecule has 3 rings (SSSR count). The van der Waals surface area contributed by atoms with Crippen LogP contribution in [0.5, 0.6) is 0 Å². The number of hydrogen-bond donors (Lipinski definition) is 0. The van der Waals surface area contributed by atoms with E-state index in [2.05, 4.69) is 11.1 Å². The summed E-state index contributed by atoms with van der Waals surface area (Å²) in [6.07, 6.45) is 1.29. The Morgan fingerprint density at radius 2 is 2.00 bits per heavy atom. The third-order valence-electron chi connectivity index (χ3n) is 2.72. The standard InChI is InChI=1S/C13H8N2O2S/c16-15(17)9-5-6-12(14-7-9)11-8-18-13-4-2-1-3-10(11)13/h1-8H. The van der Waals surface area contributed by atoms with Crippen LogP contribution in [0.1, 0.15) is 0 Å². The fourth-order valence-electron chi connectivity index (χ4n) is 1.83. The van der Waals surface area contributed by atoms with Crippen LogP contribution in [0, 0.1) is 10.1 Å². The molecule has 0 spiro atoms. The van der Waals surface area contributed by atoms with Crippen molar-refractivity contribution in [2.75, 3.05) is 0 Å². The highest BCUT2D eigenvalue weighted by Gasteiger charge is 2.10. The Kier molecular flexibility index (Phi) is 2.53. The van der Waals surface area contributed by atoms with Crippen molar-refractivity contribution in [1.82, 2.24) is 4.98 Å². The molecule has 2 heterocycles. The number of benzene rings is 1. The van der Waals surface area contributed by atoms with Crippen molar-refractivity contribution in [2.24, 2.45) is 0 Å². The van der Waals surface area contributed by atoms with E-state index < -0.39 is 4.92 Å². The van der Waals surface area contributed by atoms with Crippen LogP contribution in [0.2, 0.25) is 0 Å². The molecule has 1 aromatic carbocycles. The molecular weight excluding hydrogens is 248 g/mol. The predicted octanol–water partition coefficient (Wildman–Crippen LogP) is 3.87. The number of rotatable bonds is 2. The Labute approximate surface area is 107 Å². The van der Waals surface area contributed by atoms with E-state index in [9.17, 15) is 10.1 Å². The smallest absolute Gasteiger partial charge is 0.258 e. The molecule has 3 aromatic rings. The van der Waals surface area contributed by atoms with Gasteiger partial charge in [0.1, 0.15) is 6.20 Å². The Bertz CT molecular complexity index is 719. The first-order chi connectivity index (χ1) is 8.75. The van der Waals surface area contributed by atoms with Gasteiger partial charge in [0.05, 0.1) is 10.6 Å². The lowest BCUT2D eigenvalue weighted by Gasteiger charge is -1.98. The quantitative estimate of drug-likeness (QED) is 0.516. The first-order valence-electron chi connectivity index (χ1n) is 5.33. The van der Waals surface area contributed by atoms with Crippen LogP contribution in [0.3, 0.4) is 0 Å². The molecule has 0 saturated heterocycles. The van der Waals surface area contributed by atoms with Crippen LogP contribution in [0.15, 0.2) is 48.0 Å². The van der Waals surface area contributed by atoms with Gasteiger partial charge in [0.25, 0.3) is 5.69 Å². The summed E-state index contributed by atoms with van der Waals surface area (Å²) in [7, 11) is 0. The van der Waals surface area contributed by atoms with Gasteiger partial charge in [0.15, 0.2) is 0 Å². The van der Waals surface area contributed by atoms with E-state index in [1.165, 1.54) is 17.0 Å². The van der Waals surface area contributed by atoms with Gasteiger partial charge in [-0.05, 0) is 12.1 Å². The maximum absolute atomic E-state index is 10.6. The second kappa shape index (κ2) is 4.19. The van der Waals surface area contributed by atoms with Crippen LogP contribution in [0.25, 0.3) is 21.3 Å². The number of nitrogens with zero attached hydrogens (tertiary/aromatic N) is 2. The number of nitro groups is 1.